The van der Waals surface area contributed by atoms with Gasteiger partial charge in [-0.25, -0.2) is 9.97 Å². The van der Waals surface area contributed by atoms with Crippen LogP contribution in [0, 0.1) is 6.92 Å². The topological polar surface area (TPSA) is 87.7 Å². The van der Waals surface area contributed by atoms with E-state index in [1.165, 1.54) is 28.1 Å². The van der Waals surface area contributed by atoms with Crippen molar-refractivity contribution in [3.63, 3.8) is 0 Å². The van der Waals surface area contributed by atoms with Crippen molar-refractivity contribution in [2.45, 2.75) is 31.8 Å². The minimum absolute atomic E-state index is 0.156. The molecule has 0 aliphatic heterocycles. The summed E-state index contributed by atoms with van der Waals surface area (Å²) in [7, 11) is 0. The lowest BCUT2D eigenvalue weighted by atomic mass is 10.2. The van der Waals surface area contributed by atoms with Crippen molar-refractivity contribution in [2.75, 3.05) is 11.1 Å². The minimum Gasteiger partial charge on any atom is -0.325 e. The molecular formula is C23H22N4O2S2. The van der Waals surface area contributed by atoms with Crippen molar-refractivity contribution in [1.29, 1.82) is 0 Å². The van der Waals surface area contributed by atoms with E-state index in [0.717, 1.165) is 34.6 Å². The van der Waals surface area contributed by atoms with Gasteiger partial charge in [0.2, 0.25) is 5.91 Å². The van der Waals surface area contributed by atoms with Crippen molar-refractivity contribution in [1.82, 2.24) is 15.0 Å². The summed E-state index contributed by atoms with van der Waals surface area (Å²) < 4.78 is 1.17. The first kappa shape index (κ1) is 21.3. The van der Waals surface area contributed by atoms with Gasteiger partial charge in [0.15, 0.2) is 5.16 Å². The summed E-state index contributed by atoms with van der Waals surface area (Å²) in [5.74, 6) is 0.00840. The molecule has 4 aromatic rings. The van der Waals surface area contributed by atoms with E-state index in [0.29, 0.717) is 10.8 Å². The monoisotopic (exact) mass is 450 g/mol. The summed E-state index contributed by atoms with van der Waals surface area (Å²) in [6.45, 7) is 4.11. The second-order valence-electron chi connectivity index (χ2n) is 7.20. The molecule has 0 fully saturated rings. The molecule has 0 aliphatic rings. The number of nitrogens with one attached hydrogen (secondary N) is 2. The van der Waals surface area contributed by atoms with Crippen LogP contribution in [-0.4, -0.2) is 26.6 Å². The van der Waals surface area contributed by atoms with Crippen LogP contribution in [0.15, 0.2) is 58.5 Å². The Labute approximate surface area is 188 Å². The molecule has 0 bridgehead atoms. The quantitative estimate of drug-likeness (QED) is 0.304. The molecule has 0 unspecified atom stereocenters. The van der Waals surface area contributed by atoms with E-state index in [1.54, 1.807) is 11.3 Å². The Kier molecular flexibility index (Phi) is 6.48. The standard InChI is InChI=1S/C23H22N4O2S2/c1-3-4-17-12-20(28)27-23(25-17)30-13-21(29)24-16-8-6-15(7-9-16)22-26-18-10-5-14(2)11-19(18)31-22/h5-12H,3-4,13H2,1-2H3,(H,24,29)(H,25,27,28). The second-order valence-corrected chi connectivity index (χ2v) is 9.19. The maximum absolute atomic E-state index is 12.3. The highest BCUT2D eigenvalue weighted by molar-refractivity contribution is 7.99. The highest BCUT2D eigenvalue weighted by Gasteiger charge is 2.09. The summed E-state index contributed by atoms with van der Waals surface area (Å²) >= 11 is 2.88. The number of aromatic amines is 1. The maximum Gasteiger partial charge on any atom is 0.251 e. The number of fused-ring (bicyclic) bond motifs is 1. The van der Waals surface area contributed by atoms with Crippen LogP contribution in [-0.2, 0) is 11.2 Å². The van der Waals surface area contributed by atoms with Crippen LogP contribution in [0.5, 0.6) is 0 Å². The Morgan fingerprint density at radius 1 is 1.13 bits per heavy atom. The van der Waals surface area contributed by atoms with Gasteiger partial charge in [-0.05, 0) is 55.3 Å². The molecule has 2 aromatic carbocycles. The molecular weight excluding hydrogens is 428 g/mol. The van der Waals surface area contributed by atoms with Gasteiger partial charge < -0.3 is 10.3 Å². The summed E-state index contributed by atoms with van der Waals surface area (Å²) in [6.07, 6.45) is 1.65. The summed E-state index contributed by atoms with van der Waals surface area (Å²) in [6, 6.07) is 15.4. The largest absolute Gasteiger partial charge is 0.325 e. The number of H-pyrrole nitrogens is 1. The normalized spacial score (nSPS) is 11.0. The SMILES string of the molecule is CCCc1cc(=O)[nH]c(SCC(=O)Nc2ccc(-c3nc4ccc(C)cc4s3)cc2)n1. The van der Waals surface area contributed by atoms with Gasteiger partial charge in [-0.2, -0.15) is 0 Å². The van der Waals surface area contributed by atoms with E-state index in [1.807, 2.05) is 37.3 Å². The van der Waals surface area contributed by atoms with Crippen molar-refractivity contribution < 1.29 is 4.79 Å². The van der Waals surface area contributed by atoms with Crippen LogP contribution in [0.4, 0.5) is 5.69 Å². The smallest absolute Gasteiger partial charge is 0.251 e. The lowest BCUT2D eigenvalue weighted by Crippen LogP contribution is -2.15. The molecule has 0 spiro atoms. The molecule has 31 heavy (non-hydrogen) atoms. The van der Waals surface area contributed by atoms with E-state index in [2.05, 4.69) is 34.3 Å². The average Bonchev–Trinajstić information content (AvgIpc) is 3.16. The van der Waals surface area contributed by atoms with Gasteiger partial charge >= 0.3 is 0 Å². The molecule has 0 saturated heterocycles. The van der Waals surface area contributed by atoms with Gasteiger partial charge in [-0.1, -0.05) is 31.2 Å². The molecule has 0 saturated carbocycles. The first-order valence-corrected chi connectivity index (χ1v) is 11.8. The first-order chi connectivity index (χ1) is 15.0. The van der Waals surface area contributed by atoms with Crippen LogP contribution < -0.4 is 10.9 Å². The molecule has 0 aliphatic carbocycles. The number of thioether (sulfide) groups is 1. The van der Waals surface area contributed by atoms with Gasteiger partial charge in [0.1, 0.15) is 5.01 Å². The first-order valence-electron chi connectivity index (χ1n) is 10.0. The van der Waals surface area contributed by atoms with E-state index in [4.69, 9.17) is 4.98 Å². The Bertz CT molecular complexity index is 1280. The molecule has 0 radical (unpaired) electrons. The minimum atomic E-state index is -0.193. The molecule has 4 rings (SSSR count). The Hall–Kier alpha value is -2.97. The zero-order valence-corrected chi connectivity index (χ0v) is 18.9. The number of carbonyl (C=O) groups excluding carboxylic acids is 1. The van der Waals surface area contributed by atoms with Gasteiger partial charge in [0.25, 0.3) is 5.56 Å². The zero-order chi connectivity index (χ0) is 21.8. The molecule has 2 aromatic heterocycles. The third-order valence-electron chi connectivity index (χ3n) is 4.58. The molecule has 1 amide bonds. The summed E-state index contributed by atoms with van der Waals surface area (Å²) in [5, 5.41) is 4.30. The number of benzene rings is 2. The van der Waals surface area contributed by atoms with Crippen molar-refractivity contribution in [3.8, 4) is 10.6 Å². The number of nitrogens with zero attached hydrogens (tertiary/aromatic N) is 2. The highest BCUT2D eigenvalue weighted by Crippen LogP contribution is 2.31. The van der Waals surface area contributed by atoms with Crippen molar-refractivity contribution in [3.05, 3.63) is 70.1 Å². The van der Waals surface area contributed by atoms with Crippen LogP contribution in [0.25, 0.3) is 20.8 Å². The third kappa shape index (κ3) is 5.39. The lowest BCUT2D eigenvalue weighted by molar-refractivity contribution is -0.113. The fraction of sp³-hybridized carbons (Fsp3) is 0.217. The predicted molar refractivity (Wildman–Crippen MR) is 128 cm³/mol. The lowest BCUT2D eigenvalue weighted by Gasteiger charge is -2.06. The maximum atomic E-state index is 12.3. The Balaban J connectivity index is 1.38. The molecule has 6 nitrogen and oxygen atoms in total. The Morgan fingerprint density at radius 3 is 2.71 bits per heavy atom. The number of hydrogen-bond donors (Lipinski definition) is 2. The fourth-order valence-electron chi connectivity index (χ4n) is 3.12. The number of aromatic nitrogens is 3. The highest BCUT2D eigenvalue weighted by atomic mass is 32.2. The fourth-order valence-corrected chi connectivity index (χ4v) is 4.88. The van der Waals surface area contributed by atoms with E-state index >= 15 is 0 Å². The Morgan fingerprint density at radius 2 is 1.94 bits per heavy atom. The second kappa shape index (κ2) is 9.45. The third-order valence-corrected chi connectivity index (χ3v) is 6.52. The number of aryl methyl sites for hydroxylation is 2. The van der Waals surface area contributed by atoms with Gasteiger partial charge in [0, 0.05) is 23.0 Å². The van der Waals surface area contributed by atoms with Crippen molar-refractivity contribution in [2.24, 2.45) is 0 Å². The van der Waals surface area contributed by atoms with E-state index in [9.17, 15) is 9.59 Å². The molecule has 0 atom stereocenters. The molecule has 2 heterocycles. The van der Waals surface area contributed by atoms with Gasteiger partial charge in [-0.3, -0.25) is 9.59 Å². The van der Waals surface area contributed by atoms with Crippen LogP contribution >= 0.6 is 23.1 Å². The average molecular weight is 451 g/mol. The number of amides is 1. The van der Waals surface area contributed by atoms with Crippen LogP contribution in [0.1, 0.15) is 24.6 Å². The number of rotatable bonds is 7. The number of hydrogen-bond acceptors (Lipinski definition) is 6. The van der Waals surface area contributed by atoms with Crippen LogP contribution in [0.2, 0.25) is 0 Å². The van der Waals surface area contributed by atoms with Gasteiger partial charge in [-0.15, -0.1) is 11.3 Å². The van der Waals surface area contributed by atoms with Gasteiger partial charge in [0.05, 0.1) is 16.0 Å². The van der Waals surface area contributed by atoms with Crippen molar-refractivity contribution >= 4 is 44.9 Å². The number of carbonyl (C=O) groups is 1. The summed E-state index contributed by atoms with van der Waals surface area (Å²) in [4.78, 5) is 35.8. The molecule has 158 valence electrons. The van der Waals surface area contributed by atoms with E-state index in [-0.39, 0.29) is 17.2 Å². The predicted octanol–water partition coefficient (Wildman–Crippen LogP) is 5.04. The summed E-state index contributed by atoms with van der Waals surface area (Å²) in [5.41, 5.74) is 4.50. The van der Waals surface area contributed by atoms with Crippen LogP contribution in [0.3, 0.4) is 0 Å². The number of thiazole rings is 1. The molecule has 2 N–H and O–H groups in total. The zero-order valence-electron chi connectivity index (χ0n) is 17.3. The number of anilines is 1. The molecule has 8 heteroatoms. The van der Waals surface area contributed by atoms with E-state index < -0.39 is 0 Å².